The van der Waals surface area contributed by atoms with Crippen molar-refractivity contribution in [1.82, 2.24) is 19.9 Å². The van der Waals surface area contributed by atoms with E-state index < -0.39 is 0 Å². The Hall–Kier alpha value is -2.34. The van der Waals surface area contributed by atoms with Gasteiger partial charge < -0.3 is 15.6 Å². The van der Waals surface area contributed by atoms with E-state index in [-0.39, 0.29) is 5.54 Å². The van der Waals surface area contributed by atoms with Crippen molar-refractivity contribution in [2.24, 2.45) is 0 Å². The number of pyridine rings is 1. The lowest BCUT2D eigenvalue weighted by molar-refractivity contribution is 0.128. The summed E-state index contributed by atoms with van der Waals surface area (Å²) < 4.78 is 0. The highest BCUT2D eigenvalue weighted by atomic mass is 15.3. The molecule has 3 N–H and O–H groups in total. The normalized spacial score (nSPS) is 16.7. The van der Waals surface area contributed by atoms with Crippen molar-refractivity contribution in [2.45, 2.75) is 46.1 Å². The lowest BCUT2D eigenvalue weighted by atomic mass is 10.0. The van der Waals surface area contributed by atoms with Gasteiger partial charge in [-0.1, -0.05) is 13.8 Å². The second kappa shape index (κ2) is 6.37. The lowest BCUT2D eigenvalue weighted by Gasteiger charge is -2.43. The highest BCUT2D eigenvalue weighted by Gasteiger charge is 2.26. The maximum atomic E-state index is 6.22. The van der Waals surface area contributed by atoms with Gasteiger partial charge in [0.2, 0.25) is 0 Å². The average Bonchev–Trinajstić information content (AvgIpc) is 3.07. The first-order chi connectivity index (χ1) is 12.7. The number of aromatic nitrogens is 3. The Morgan fingerprint density at radius 2 is 1.78 bits per heavy atom. The number of nitrogens with two attached hydrogens (primary N) is 1. The third-order valence-electron chi connectivity index (χ3n) is 5.60. The number of benzene rings is 1. The third kappa shape index (κ3) is 3.23. The number of rotatable bonds is 2. The van der Waals surface area contributed by atoms with E-state index in [2.05, 4.69) is 77.6 Å². The van der Waals surface area contributed by atoms with Crippen molar-refractivity contribution in [3.63, 3.8) is 0 Å². The molecule has 0 amide bonds. The maximum Gasteiger partial charge on any atom is 0.152 e. The monoisotopic (exact) mass is 366 g/mol. The topological polar surface area (TPSA) is 74.1 Å². The molecule has 0 radical (unpaired) electrons. The molecular weight excluding hydrogens is 336 g/mol. The van der Waals surface area contributed by atoms with Crippen molar-refractivity contribution in [1.29, 1.82) is 0 Å². The summed E-state index contributed by atoms with van der Waals surface area (Å²) in [6.07, 6.45) is 0. The van der Waals surface area contributed by atoms with Crippen LogP contribution in [0.15, 0.2) is 18.2 Å². The van der Waals surface area contributed by atoms with Gasteiger partial charge in [-0.2, -0.15) is 0 Å². The molecule has 0 saturated carbocycles. The molecular formula is C21H30N6. The number of nitrogens with zero attached hydrogens (tertiary/aromatic N) is 4. The van der Waals surface area contributed by atoms with Crippen LogP contribution in [0.5, 0.6) is 0 Å². The highest BCUT2D eigenvalue weighted by Crippen LogP contribution is 2.31. The zero-order valence-corrected chi connectivity index (χ0v) is 17.0. The van der Waals surface area contributed by atoms with Crippen LogP contribution in [-0.2, 0) is 0 Å². The summed E-state index contributed by atoms with van der Waals surface area (Å²) in [6, 6.07) is 6.51. The largest absolute Gasteiger partial charge is 0.382 e. The van der Waals surface area contributed by atoms with Gasteiger partial charge in [0, 0.05) is 48.7 Å². The van der Waals surface area contributed by atoms with Crippen LogP contribution < -0.4 is 10.6 Å². The van der Waals surface area contributed by atoms with E-state index >= 15 is 0 Å². The minimum Gasteiger partial charge on any atom is -0.382 e. The second-order valence-corrected chi connectivity index (χ2v) is 8.84. The fraction of sp³-hybridized carbons (Fsp3) is 0.524. The van der Waals surface area contributed by atoms with Gasteiger partial charge in [-0.05, 0) is 39.0 Å². The Morgan fingerprint density at radius 1 is 1.07 bits per heavy atom. The molecule has 3 heterocycles. The average molecular weight is 367 g/mol. The zero-order chi connectivity index (χ0) is 19.3. The fourth-order valence-corrected chi connectivity index (χ4v) is 3.88. The Morgan fingerprint density at radius 3 is 2.41 bits per heavy atom. The van der Waals surface area contributed by atoms with E-state index in [1.807, 2.05) is 0 Å². The minimum atomic E-state index is 0.228. The van der Waals surface area contributed by atoms with E-state index in [1.54, 1.807) is 0 Å². The van der Waals surface area contributed by atoms with E-state index in [0.717, 1.165) is 53.9 Å². The van der Waals surface area contributed by atoms with E-state index in [1.165, 1.54) is 5.69 Å². The van der Waals surface area contributed by atoms with Crippen LogP contribution >= 0.6 is 0 Å². The number of H-pyrrole nitrogens is 1. The molecule has 1 aromatic carbocycles. The number of imidazole rings is 1. The second-order valence-electron chi connectivity index (χ2n) is 8.84. The molecule has 0 unspecified atom stereocenters. The van der Waals surface area contributed by atoms with Crippen LogP contribution in [0.2, 0.25) is 0 Å². The molecule has 1 aliphatic heterocycles. The Labute approximate surface area is 160 Å². The van der Waals surface area contributed by atoms with Crippen LogP contribution in [0.25, 0.3) is 21.9 Å². The molecule has 6 heteroatoms. The number of hydrogen-bond donors (Lipinski definition) is 2. The maximum absolute atomic E-state index is 6.22. The van der Waals surface area contributed by atoms with Crippen molar-refractivity contribution in [3.05, 3.63) is 24.0 Å². The van der Waals surface area contributed by atoms with Crippen molar-refractivity contribution in [2.75, 3.05) is 36.8 Å². The van der Waals surface area contributed by atoms with Gasteiger partial charge in [-0.25, -0.2) is 9.97 Å². The van der Waals surface area contributed by atoms with Crippen LogP contribution in [0.1, 0.15) is 46.4 Å². The number of aromatic amines is 1. The summed E-state index contributed by atoms with van der Waals surface area (Å²) in [5.41, 5.74) is 10.4. The van der Waals surface area contributed by atoms with Gasteiger partial charge >= 0.3 is 0 Å². The first-order valence-electron chi connectivity index (χ1n) is 9.83. The smallest absolute Gasteiger partial charge is 0.152 e. The summed E-state index contributed by atoms with van der Waals surface area (Å²) in [5, 5.41) is 1.08. The molecule has 3 aromatic rings. The van der Waals surface area contributed by atoms with Gasteiger partial charge in [0.15, 0.2) is 5.82 Å². The summed E-state index contributed by atoms with van der Waals surface area (Å²) in [7, 11) is 0. The van der Waals surface area contributed by atoms with E-state index in [0.29, 0.717) is 11.7 Å². The van der Waals surface area contributed by atoms with Crippen molar-refractivity contribution in [3.8, 4) is 0 Å². The molecule has 1 saturated heterocycles. The lowest BCUT2D eigenvalue weighted by Crippen LogP contribution is -2.53. The molecule has 0 bridgehead atoms. The van der Waals surface area contributed by atoms with Crippen LogP contribution in [0.3, 0.4) is 0 Å². The number of piperazine rings is 1. The molecule has 0 atom stereocenters. The molecule has 0 aliphatic carbocycles. The molecule has 144 valence electrons. The number of hydrogen-bond acceptors (Lipinski definition) is 5. The fourth-order valence-electron chi connectivity index (χ4n) is 3.88. The Kier molecular flexibility index (Phi) is 4.26. The summed E-state index contributed by atoms with van der Waals surface area (Å²) in [6.45, 7) is 15.3. The predicted octanol–water partition coefficient (Wildman–Crippen LogP) is 3.74. The Balaban J connectivity index is 1.68. The van der Waals surface area contributed by atoms with Gasteiger partial charge in [0.1, 0.15) is 11.3 Å². The number of nitrogen functional groups attached to an aromatic ring is 1. The molecule has 2 aromatic heterocycles. The van der Waals surface area contributed by atoms with Crippen LogP contribution in [0.4, 0.5) is 11.5 Å². The Bertz CT molecular complexity index is 974. The number of nitrogens with one attached hydrogen (secondary N) is 1. The van der Waals surface area contributed by atoms with Gasteiger partial charge in [0.25, 0.3) is 0 Å². The molecule has 4 rings (SSSR count). The van der Waals surface area contributed by atoms with Crippen LogP contribution in [0, 0.1) is 0 Å². The van der Waals surface area contributed by atoms with Gasteiger partial charge in [0.05, 0.1) is 11.0 Å². The molecule has 27 heavy (non-hydrogen) atoms. The first kappa shape index (κ1) is 18.0. The van der Waals surface area contributed by atoms with Crippen LogP contribution in [-0.4, -0.2) is 51.6 Å². The van der Waals surface area contributed by atoms with E-state index in [9.17, 15) is 0 Å². The van der Waals surface area contributed by atoms with Gasteiger partial charge in [-0.3, -0.25) is 4.90 Å². The summed E-state index contributed by atoms with van der Waals surface area (Å²) >= 11 is 0. The highest BCUT2D eigenvalue weighted by molar-refractivity contribution is 6.06. The standard InChI is InChI=1S/C21H30N6/c1-13(2)20-24-17-15-7-6-14(12-16(15)23-19(22)18(17)25-20)26-8-10-27(11-9-26)21(3,4)5/h6-7,12-13H,8-11H2,1-5H3,(H2,22,23)(H,24,25). The summed E-state index contributed by atoms with van der Waals surface area (Å²) in [5.74, 6) is 1.77. The number of anilines is 2. The molecule has 0 spiro atoms. The zero-order valence-electron chi connectivity index (χ0n) is 17.0. The third-order valence-corrected chi connectivity index (χ3v) is 5.60. The van der Waals surface area contributed by atoms with Gasteiger partial charge in [-0.15, -0.1) is 0 Å². The molecule has 1 fully saturated rings. The minimum absolute atomic E-state index is 0.228. The SMILES string of the molecule is CC(C)c1nc2c(N)nc3cc(N4CCN(C(C)(C)C)CC4)ccc3c2[nH]1. The predicted molar refractivity (Wildman–Crippen MR) is 113 cm³/mol. The quantitative estimate of drug-likeness (QED) is 0.723. The molecule has 6 nitrogen and oxygen atoms in total. The van der Waals surface area contributed by atoms with Crippen molar-refractivity contribution >= 4 is 33.4 Å². The van der Waals surface area contributed by atoms with Crippen molar-refractivity contribution < 1.29 is 0 Å². The molecule has 1 aliphatic rings. The number of fused-ring (bicyclic) bond motifs is 3. The first-order valence-corrected chi connectivity index (χ1v) is 9.83. The van der Waals surface area contributed by atoms with E-state index in [4.69, 9.17) is 5.73 Å². The summed E-state index contributed by atoms with van der Waals surface area (Å²) in [4.78, 5) is 17.7.